The molecule has 0 atom stereocenters. The Labute approximate surface area is 279 Å². The SMILES string of the molecule is O=C(Cc1ccc(Oc2ccc(S(F)(F)(F)(F)F)cc2)nc1)c1ccc(C(=O)N2CCC(C(=O)c3ccc(N4CCCC4)cc3)CC2)cn1. The Bertz CT molecular complexity index is 1840. The van der Waals surface area contributed by atoms with E-state index in [-0.39, 0.29) is 59.3 Å². The van der Waals surface area contributed by atoms with Gasteiger partial charge in [-0.25, -0.2) is 4.98 Å². The summed E-state index contributed by atoms with van der Waals surface area (Å²) >= 11 is 0. The molecule has 14 heteroatoms. The first-order valence-electron chi connectivity index (χ1n) is 15.8. The van der Waals surface area contributed by atoms with E-state index in [0.717, 1.165) is 30.9 Å². The number of benzene rings is 2. The Kier molecular flexibility index (Phi) is 8.72. The number of ketones is 2. The van der Waals surface area contributed by atoms with E-state index in [1.54, 1.807) is 11.0 Å². The second kappa shape index (κ2) is 12.6. The highest BCUT2D eigenvalue weighted by Crippen LogP contribution is 3.02. The Morgan fingerprint density at radius 2 is 1.39 bits per heavy atom. The summed E-state index contributed by atoms with van der Waals surface area (Å²) in [6, 6.07) is 15.8. The van der Waals surface area contributed by atoms with Gasteiger partial charge in [-0.15, -0.1) is 0 Å². The van der Waals surface area contributed by atoms with Gasteiger partial charge in [-0.05, 0) is 91.9 Å². The van der Waals surface area contributed by atoms with E-state index < -0.39 is 15.1 Å². The molecule has 49 heavy (non-hydrogen) atoms. The maximum Gasteiger partial charge on any atom is 0.310 e. The van der Waals surface area contributed by atoms with Gasteiger partial charge in [0.05, 0.1) is 5.56 Å². The third-order valence-corrected chi connectivity index (χ3v) is 9.89. The number of hydrogen-bond donors (Lipinski definition) is 0. The van der Waals surface area contributed by atoms with Crippen molar-refractivity contribution in [3.8, 4) is 11.6 Å². The molecule has 258 valence electrons. The first-order chi connectivity index (χ1) is 23.1. The molecule has 2 saturated heterocycles. The van der Waals surface area contributed by atoms with Gasteiger partial charge >= 0.3 is 10.2 Å². The number of pyridine rings is 2. The number of Topliss-reactive ketones (excluding diaryl/α,β-unsaturated/α-hetero) is 2. The zero-order valence-corrected chi connectivity index (χ0v) is 27.1. The number of nitrogens with zero attached hydrogens (tertiary/aromatic N) is 4. The number of hydrogen-bond acceptors (Lipinski definition) is 7. The summed E-state index contributed by atoms with van der Waals surface area (Å²) in [4.78, 5) is 49.3. The van der Waals surface area contributed by atoms with Crippen LogP contribution >= 0.6 is 10.2 Å². The zero-order valence-electron chi connectivity index (χ0n) is 26.2. The molecule has 1 amide bonds. The lowest BCUT2D eigenvalue weighted by atomic mass is 9.88. The van der Waals surface area contributed by atoms with Crippen LogP contribution in [0, 0.1) is 5.92 Å². The predicted octanol–water partition coefficient (Wildman–Crippen LogP) is 8.69. The van der Waals surface area contributed by atoms with E-state index in [2.05, 4.69) is 14.9 Å². The molecule has 0 bridgehead atoms. The first kappa shape index (κ1) is 34.0. The number of ether oxygens (including phenoxy) is 1. The van der Waals surface area contributed by atoms with Crippen molar-refractivity contribution >= 4 is 33.4 Å². The monoisotopic (exact) mass is 700 g/mol. The van der Waals surface area contributed by atoms with Crippen molar-refractivity contribution in [3.63, 3.8) is 0 Å². The number of rotatable bonds is 10. The van der Waals surface area contributed by atoms with Gasteiger partial charge in [0.1, 0.15) is 16.3 Å². The van der Waals surface area contributed by atoms with E-state index in [4.69, 9.17) is 4.74 Å². The highest BCUT2D eigenvalue weighted by Gasteiger charge is 2.65. The molecule has 0 saturated carbocycles. The zero-order chi connectivity index (χ0) is 34.9. The van der Waals surface area contributed by atoms with Crippen molar-refractivity contribution in [2.24, 2.45) is 5.92 Å². The molecule has 2 aliphatic rings. The number of anilines is 1. The second-order valence-electron chi connectivity index (χ2n) is 12.3. The van der Waals surface area contributed by atoms with E-state index >= 15 is 0 Å². The molecule has 0 N–H and O–H groups in total. The van der Waals surface area contributed by atoms with Crippen LogP contribution in [0.2, 0.25) is 0 Å². The normalized spacial score (nSPS) is 16.9. The van der Waals surface area contributed by atoms with Crippen LogP contribution in [-0.4, -0.2) is 58.5 Å². The summed E-state index contributed by atoms with van der Waals surface area (Å²) in [6.45, 7) is 2.95. The molecule has 2 aromatic carbocycles. The lowest BCUT2D eigenvalue weighted by Crippen LogP contribution is -2.40. The number of piperidine rings is 1. The van der Waals surface area contributed by atoms with E-state index in [1.165, 1.54) is 43.4 Å². The molecule has 6 rings (SSSR count). The fourth-order valence-electron chi connectivity index (χ4n) is 6.00. The van der Waals surface area contributed by atoms with Gasteiger partial charge in [-0.1, -0.05) is 25.5 Å². The van der Waals surface area contributed by atoms with Crippen LogP contribution < -0.4 is 9.64 Å². The highest BCUT2D eigenvalue weighted by atomic mass is 32.5. The second-order valence-corrected chi connectivity index (χ2v) is 14.7. The average molecular weight is 701 g/mol. The molecule has 0 unspecified atom stereocenters. The minimum Gasteiger partial charge on any atom is -0.439 e. The number of likely N-dealkylation sites (tertiary alicyclic amines) is 1. The van der Waals surface area contributed by atoms with E-state index in [9.17, 15) is 33.8 Å². The van der Waals surface area contributed by atoms with Crippen LogP contribution in [0.15, 0.2) is 90.1 Å². The topological polar surface area (TPSA) is 92.7 Å². The van der Waals surface area contributed by atoms with Gasteiger partial charge < -0.3 is 14.5 Å². The Hall–Kier alpha value is -4.85. The summed E-state index contributed by atoms with van der Waals surface area (Å²) in [5, 5.41) is 0. The Morgan fingerprint density at radius 1 is 0.735 bits per heavy atom. The fourth-order valence-corrected chi connectivity index (χ4v) is 6.65. The van der Waals surface area contributed by atoms with Crippen molar-refractivity contribution in [2.45, 2.75) is 37.0 Å². The lowest BCUT2D eigenvalue weighted by Gasteiger charge is -2.40. The van der Waals surface area contributed by atoms with Gasteiger partial charge in [0.25, 0.3) is 5.91 Å². The number of amides is 1. The quantitative estimate of drug-likeness (QED) is 0.121. The van der Waals surface area contributed by atoms with Crippen LogP contribution in [0.5, 0.6) is 11.6 Å². The molecule has 8 nitrogen and oxygen atoms in total. The summed E-state index contributed by atoms with van der Waals surface area (Å²) in [5.41, 5.74) is 2.79. The molecule has 0 radical (unpaired) electrons. The third-order valence-electron chi connectivity index (χ3n) is 8.73. The number of carbonyl (C=O) groups is 3. The van der Waals surface area contributed by atoms with Crippen molar-refractivity contribution in [3.05, 3.63) is 108 Å². The number of halogens is 5. The lowest BCUT2D eigenvalue weighted by molar-refractivity contribution is 0.0650. The standard InChI is InChI=1S/C35H33F5N4O4S/c36-49(37,38,39,40)30-11-9-29(10-12-30)48-33-14-3-24(22-42-33)21-32(45)31-13-6-27(23-41-31)35(47)44-19-15-26(16-20-44)34(46)25-4-7-28(8-5-25)43-17-1-2-18-43/h3-14,22-23,26H,1-2,15-21H2. The van der Waals surface area contributed by atoms with Crippen molar-refractivity contribution < 1.29 is 38.5 Å². The fraction of sp³-hybridized carbons (Fsp3) is 0.286. The molecule has 0 aliphatic carbocycles. The average Bonchev–Trinajstić information content (AvgIpc) is 3.63. The van der Waals surface area contributed by atoms with Crippen LogP contribution in [0.1, 0.15) is 62.5 Å². The summed E-state index contributed by atoms with van der Waals surface area (Å²) in [7, 11) is -9.79. The minimum atomic E-state index is -9.79. The van der Waals surface area contributed by atoms with Crippen LogP contribution in [0.3, 0.4) is 0 Å². The Morgan fingerprint density at radius 3 is 1.96 bits per heavy atom. The number of carbonyl (C=O) groups excluding carboxylic acids is 3. The van der Waals surface area contributed by atoms with Gasteiger partial charge in [-0.2, -0.15) is 0 Å². The molecule has 2 fully saturated rings. The van der Waals surface area contributed by atoms with Crippen LogP contribution in [0.4, 0.5) is 25.1 Å². The molecule has 0 spiro atoms. The molecular formula is C35H33F5N4O4S. The molecular weight excluding hydrogens is 667 g/mol. The molecule has 2 aromatic heterocycles. The third kappa shape index (κ3) is 8.24. The van der Waals surface area contributed by atoms with Crippen molar-refractivity contribution in [2.75, 3.05) is 31.1 Å². The molecule has 2 aliphatic heterocycles. The highest BCUT2D eigenvalue weighted by molar-refractivity contribution is 8.45. The molecule has 4 aromatic rings. The van der Waals surface area contributed by atoms with Crippen molar-refractivity contribution in [1.82, 2.24) is 14.9 Å². The van der Waals surface area contributed by atoms with E-state index in [1.807, 2.05) is 24.3 Å². The predicted molar refractivity (Wildman–Crippen MR) is 175 cm³/mol. The van der Waals surface area contributed by atoms with E-state index in [0.29, 0.717) is 42.6 Å². The van der Waals surface area contributed by atoms with Crippen molar-refractivity contribution in [1.29, 1.82) is 0 Å². The van der Waals surface area contributed by atoms with Gasteiger partial charge in [0.2, 0.25) is 5.88 Å². The Balaban J connectivity index is 0.980. The minimum absolute atomic E-state index is 0.0164. The maximum absolute atomic E-state index is 13.1. The van der Waals surface area contributed by atoms with Gasteiger partial charge in [0, 0.05) is 68.2 Å². The largest absolute Gasteiger partial charge is 0.439 e. The summed E-state index contributed by atoms with van der Waals surface area (Å²) < 4.78 is 69.9. The molecule has 4 heterocycles. The van der Waals surface area contributed by atoms with Gasteiger partial charge in [0.15, 0.2) is 11.6 Å². The smallest absolute Gasteiger partial charge is 0.310 e. The van der Waals surface area contributed by atoms with Gasteiger partial charge in [-0.3, -0.25) is 19.4 Å². The maximum atomic E-state index is 13.1. The first-order valence-corrected chi connectivity index (χ1v) is 17.7. The summed E-state index contributed by atoms with van der Waals surface area (Å²) in [5.74, 6) is -0.772. The number of aromatic nitrogens is 2. The van der Waals surface area contributed by atoms with Crippen LogP contribution in [0.25, 0.3) is 0 Å². The van der Waals surface area contributed by atoms with Crippen LogP contribution in [-0.2, 0) is 6.42 Å². The summed E-state index contributed by atoms with van der Waals surface area (Å²) in [6.07, 6.45) is 6.10.